The summed E-state index contributed by atoms with van der Waals surface area (Å²) >= 11 is 0. The normalized spacial score (nSPS) is 9.14. The SMILES string of the molecule is C=COC(=O)CC(=O)c1ccccc1. The fourth-order valence-corrected chi connectivity index (χ4v) is 0.992. The summed E-state index contributed by atoms with van der Waals surface area (Å²) in [7, 11) is 0. The lowest BCUT2D eigenvalue weighted by atomic mass is 10.1. The molecule has 0 unspecified atom stereocenters. The minimum absolute atomic E-state index is 0.252. The number of esters is 1. The maximum atomic E-state index is 11.4. The molecule has 0 amide bonds. The highest BCUT2D eigenvalue weighted by Crippen LogP contribution is 2.03. The number of carbonyl (C=O) groups is 2. The Morgan fingerprint density at radius 2 is 1.93 bits per heavy atom. The molecule has 0 heterocycles. The summed E-state index contributed by atoms with van der Waals surface area (Å²) in [5.74, 6) is -0.841. The van der Waals surface area contributed by atoms with Gasteiger partial charge in [0.1, 0.15) is 6.42 Å². The van der Waals surface area contributed by atoms with Crippen LogP contribution in [0.25, 0.3) is 0 Å². The van der Waals surface area contributed by atoms with Gasteiger partial charge in [-0.1, -0.05) is 36.9 Å². The molecule has 0 aliphatic heterocycles. The Balaban J connectivity index is 2.59. The topological polar surface area (TPSA) is 43.4 Å². The zero-order valence-electron chi connectivity index (χ0n) is 7.60. The van der Waals surface area contributed by atoms with Crippen molar-refractivity contribution in [2.75, 3.05) is 0 Å². The molecule has 0 saturated carbocycles. The molecule has 0 N–H and O–H groups in total. The summed E-state index contributed by atoms with van der Waals surface area (Å²) in [5, 5.41) is 0. The number of benzene rings is 1. The summed E-state index contributed by atoms with van der Waals surface area (Å²) in [4.78, 5) is 22.3. The summed E-state index contributed by atoms with van der Waals surface area (Å²) in [6.07, 6.45) is 0.761. The number of Topliss-reactive ketones (excluding diaryl/α,β-unsaturated/α-hetero) is 1. The highest BCUT2D eigenvalue weighted by Gasteiger charge is 2.11. The van der Waals surface area contributed by atoms with Gasteiger partial charge in [-0.15, -0.1) is 0 Å². The molecule has 1 rings (SSSR count). The van der Waals surface area contributed by atoms with Gasteiger partial charge < -0.3 is 4.74 Å². The highest BCUT2D eigenvalue weighted by molar-refractivity contribution is 6.05. The average molecular weight is 190 g/mol. The number of hydrogen-bond donors (Lipinski definition) is 0. The standard InChI is InChI=1S/C11H10O3/c1-2-14-11(13)8-10(12)9-6-4-3-5-7-9/h2-7H,1,8H2. The van der Waals surface area contributed by atoms with E-state index >= 15 is 0 Å². The first-order valence-corrected chi connectivity index (χ1v) is 4.12. The molecule has 0 saturated heterocycles. The van der Waals surface area contributed by atoms with Crippen LogP contribution < -0.4 is 0 Å². The van der Waals surface area contributed by atoms with Gasteiger partial charge in [-0.3, -0.25) is 9.59 Å². The van der Waals surface area contributed by atoms with Crippen molar-refractivity contribution < 1.29 is 14.3 Å². The van der Waals surface area contributed by atoms with Crippen LogP contribution >= 0.6 is 0 Å². The van der Waals surface area contributed by atoms with Crippen LogP contribution in [0.2, 0.25) is 0 Å². The van der Waals surface area contributed by atoms with E-state index in [4.69, 9.17) is 0 Å². The van der Waals surface area contributed by atoms with Crippen LogP contribution in [0.15, 0.2) is 43.2 Å². The third-order valence-corrected chi connectivity index (χ3v) is 1.62. The molecule has 0 atom stereocenters. The fraction of sp³-hybridized carbons (Fsp3) is 0.0909. The van der Waals surface area contributed by atoms with Crippen LogP contribution in [-0.2, 0) is 9.53 Å². The Kier molecular flexibility index (Phi) is 3.61. The molecule has 3 heteroatoms. The Bertz CT molecular complexity index is 341. The quantitative estimate of drug-likeness (QED) is 0.315. The van der Waals surface area contributed by atoms with Crippen molar-refractivity contribution in [1.29, 1.82) is 0 Å². The van der Waals surface area contributed by atoms with E-state index in [9.17, 15) is 9.59 Å². The molecule has 0 aromatic heterocycles. The molecular weight excluding hydrogens is 180 g/mol. The fourth-order valence-electron chi connectivity index (χ4n) is 0.992. The monoisotopic (exact) mass is 190 g/mol. The lowest BCUT2D eigenvalue weighted by molar-refractivity contribution is -0.136. The Labute approximate surface area is 82.0 Å². The van der Waals surface area contributed by atoms with Crippen LogP contribution in [-0.4, -0.2) is 11.8 Å². The summed E-state index contributed by atoms with van der Waals surface area (Å²) in [6.45, 7) is 3.23. The second-order valence-electron chi connectivity index (χ2n) is 2.62. The molecular formula is C11H10O3. The smallest absolute Gasteiger partial charge is 0.318 e. The van der Waals surface area contributed by atoms with Gasteiger partial charge in [0.2, 0.25) is 0 Å². The van der Waals surface area contributed by atoms with E-state index in [0.717, 1.165) is 6.26 Å². The van der Waals surface area contributed by atoms with Gasteiger partial charge in [0, 0.05) is 5.56 Å². The molecule has 0 bridgehead atoms. The van der Waals surface area contributed by atoms with Gasteiger partial charge in [-0.05, 0) is 0 Å². The van der Waals surface area contributed by atoms with Crippen LogP contribution in [0.4, 0.5) is 0 Å². The van der Waals surface area contributed by atoms with Crippen molar-refractivity contribution in [2.45, 2.75) is 6.42 Å². The molecule has 1 aromatic rings. The van der Waals surface area contributed by atoms with Crippen molar-refractivity contribution >= 4 is 11.8 Å². The predicted octanol–water partition coefficient (Wildman–Crippen LogP) is 1.95. The molecule has 72 valence electrons. The number of hydrogen-bond acceptors (Lipinski definition) is 3. The molecule has 0 aliphatic rings. The van der Waals surface area contributed by atoms with Crippen molar-refractivity contribution in [3.05, 3.63) is 48.7 Å². The van der Waals surface area contributed by atoms with Crippen molar-refractivity contribution in [2.24, 2.45) is 0 Å². The van der Waals surface area contributed by atoms with Crippen LogP contribution in [0.1, 0.15) is 16.8 Å². The summed E-state index contributed by atoms with van der Waals surface area (Å²) in [6, 6.07) is 8.60. The zero-order valence-corrected chi connectivity index (χ0v) is 7.60. The van der Waals surface area contributed by atoms with Gasteiger partial charge >= 0.3 is 5.97 Å². The number of ether oxygens (including phenoxy) is 1. The van der Waals surface area contributed by atoms with E-state index in [1.165, 1.54) is 0 Å². The van der Waals surface area contributed by atoms with E-state index in [-0.39, 0.29) is 12.2 Å². The van der Waals surface area contributed by atoms with Gasteiger partial charge in [-0.25, -0.2) is 0 Å². The number of ketones is 1. The lowest BCUT2D eigenvalue weighted by Crippen LogP contribution is -2.08. The predicted molar refractivity (Wildman–Crippen MR) is 51.7 cm³/mol. The van der Waals surface area contributed by atoms with E-state index in [1.54, 1.807) is 30.3 Å². The summed E-state index contributed by atoms with van der Waals surface area (Å²) in [5.41, 5.74) is 0.508. The van der Waals surface area contributed by atoms with E-state index in [0.29, 0.717) is 5.56 Å². The van der Waals surface area contributed by atoms with Crippen molar-refractivity contribution in [3.8, 4) is 0 Å². The molecule has 3 nitrogen and oxygen atoms in total. The lowest BCUT2D eigenvalue weighted by Gasteiger charge is -1.98. The van der Waals surface area contributed by atoms with Gasteiger partial charge in [0.25, 0.3) is 0 Å². The summed E-state index contributed by atoms with van der Waals surface area (Å²) < 4.78 is 4.44. The molecule has 1 aromatic carbocycles. The maximum Gasteiger partial charge on any atom is 0.318 e. The van der Waals surface area contributed by atoms with E-state index in [1.807, 2.05) is 0 Å². The van der Waals surface area contributed by atoms with Crippen LogP contribution in [0.3, 0.4) is 0 Å². The first-order chi connectivity index (χ1) is 6.74. The zero-order chi connectivity index (χ0) is 10.4. The van der Waals surface area contributed by atoms with Crippen LogP contribution in [0, 0.1) is 0 Å². The average Bonchev–Trinajstić information content (AvgIpc) is 2.19. The largest absolute Gasteiger partial charge is 0.435 e. The first kappa shape index (κ1) is 10.2. The highest BCUT2D eigenvalue weighted by atomic mass is 16.5. The second-order valence-corrected chi connectivity index (χ2v) is 2.62. The Hall–Kier alpha value is -1.90. The van der Waals surface area contributed by atoms with Gasteiger partial charge in [0.15, 0.2) is 5.78 Å². The molecule has 0 aliphatic carbocycles. The minimum Gasteiger partial charge on any atom is -0.435 e. The third kappa shape index (κ3) is 2.86. The first-order valence-electron chi connectivity index (χ1n) is 4.12. The molecule has 0 radical (unpaired) electrons. The van der Waals surface area contributed by atoms with E-state index < -0.39 is 5.97 Å². The Morgan fingerprint density at radius 3 is 2.50 bits per heavy atom. The third-order valence-electron chi connectivity index (χ3n) is 1.62. The van der Waals surface area contributed by atoms with Crippen molar-refractivity contribution in [3.63, 3.8) is 0 Å². The molecule has 14 heavy (non-hydrogen) atoms. The molecule has 0 spiro atoms. The molecule has 0 fully saturated rings. The second kappa shape index (κ2) is 4.97. The minimum atomic E-state index is -0.589. The van der Waals surface area contributed by atoms with E-state index in [2.05, 4.69) is 11.3 Å². The van der Waals surface area contributed by atoms with Gasteiger partial charge in [-0.2, -0.15) is 0 Å². The number of rotatable bonds is 4. The maximum absolute atomic E-state index is 11.4. The Morgan fingerprint density at radius 1 is 1.29 bits per heavy atom. The van der Waals surface area contributed by atoms with Crippen LogP contribution in [0.5, 0.6) is 0 Å². The van der Waals surface area contributed by atoms with Crippen molar-refractivity contribution in [1.82, 2.24) is 0 Å². The van der Waals surface area contributed by atoms with Gasteiger partial charge in [0.05, 0.1) is 6.26 Å². The number of carbonyl (C=O) groups excluding carboxylic acids is 2.